The minimum Gasteiger partial charge on any atom is -0.362 e. The molecule has 0 bridgehead atoms. The van der Waals surface area contributed by atoms with E-state index in [2.05, 4.69) is 24.0 Å². The van der Waals surface area contributed by atoms with E-state index < -0.39 is 0 Å². The van der Waals surface area contributed by atoms with Gasteiger partial charge in [-0.1, -0.05) is 32.1 Å². The SMILES string of the molecule is Cc1ccc(CC2CCCCC2)[nH]1. The van der Waals surface area contributed by atoms with Crippen molar-refractivity contribution < 1.29 is 0 Å². The van der Waals surface area contributed by atoms with Crippen LogP contribution in [0, 0.1) is 12.8 Å². The highest BCUT2D eigenvalue weighted by atomic mass is 14.7. The molecule has 72 valence electrons. The summed E-state index contributed by atoms with van der Waals surface area (Å²) in [5, 5.41) is 0. The lowest BCUT2D eigenvalue weighted by Crippen LogP contribution is -2.09. The first-order valence-corrected chi connectivity index (χ1v) is 5.49. The second-order valence-corrected chi connectivity index (χ2v) is 4.37. The summed E-state index contributed by atoms with van der Waals surface area (Å²) in [6.45, 7) is 2.13. The van der Waals surface area contributed by atoms with Crippen molar-refractivity contribution in [1.82, 2.24) is 4.98 Å². The van der Waals surface area contributed by atoms with Crippen molar-refractivity contribution in [2.75, 3.05) is 0 Å². The van der Waals surface area contributed by atoms with Crippen LogP contribution in [0.4, 0.5) is 0 Å². The topological polar surface area (TPSA) is 15.8 Å². The minimum absolute atomic E-state index is 0.951. The molecule has 1 aliphatic rings. The van der Waals surface area contributed by atoms with Crippen LogP contribution >= 0.6 is 0 Å². The number of aromatic nitrogens is 1. The van der Waals surface area contributed by atoms with Gasteiger partial charge in [-0.3, -0.25) is 0 Å². The first kappa shape index (κ1) is 8.86. The van der Waals surface area contributed by atoms with Crippen LogP contribution in [0.25, 0.3) is 0 Å². The predicted molar refractivity (Wildman–Crippen MR) is 55.8 cm³/mol. The highest BCUT2D eigenvalue weighted by Gasteiger charge is 2.13. The summed E-state index contributed by atoms with van der Waals surface area (Å²) >= 11 is 0. The van der Waals surface area contributed by atoms with Gasteiger partial charge in [-0.15, -0.1) is 0 Å². The molecule has 0 saturated heterocycles. The monoisotopic (exact) mass is 177 g/mol. The van der Waals surface area contributed by atoms with Gasteiger partial charge in [0.2, 0.25) is 0 Å². The molecule has 1 aromatic rings. The third-order valence-electron chi connectivity index (χ3n) is 3.13. The Bertz CT molecular complexity index is 256. The van der Waals surface area contributed by atoms with Gasteiger partial charge in [-0.05, 0) is 31.4 Å². The van der Waals surface area contributed by atoms with Gasteiger partial charge in [-0.2, -0.15) is 0 Å². The zero-order chi connectivity index (χ0) is 9.10. The van der Waals surface area contributed by atoms with E-state index >= 15 is 0 Å². The molecule has 0 aliphatic heterocycles. The van der Waals surface area contributed by atoms with Crippen molar-refractivity contribution in [1.29, 1.82) is 0 Å². The molecule has 1 aromatic heterocycles. The Balaban J connectivity index is 1.89. The summed E-state index contributed by atoms with van der Waals surface area (Å²) in [6, 6.07) is 4.42. The van der Waals surface area contributed by atoms with Gasteiger partial charge in [0.15, 0.2) is 0 Å². The van der Waals surface area contributed by atoms with Crippen LogP contribution in [0.5, 0.6) is 0 Å². The maximum Gasteiger partial charge on any atom is 0.0151 e. The fourth-order valence-electron chi connectivity index (χ4n) is 2.38. The van der Waals surface area contributed by atoms with Crippen molar-refractivity contribution in [3.8, 4) is 0 Å². The van der Waals surface area contributed by atoms with Crippen LogP contribution in [0.1, 0.15) is 43.5 Å². The molecule has 2 rings (SSSR count). The summed E-state index contributed by atoms with van der Waals surface area (Å²) in [6.07, 6.45) is 8.51. The average Bonchev–Trinajstić information content (AvgIpc) is 2.53. The Hall–Kier alpha value is -0.720. The smallest absolute Gasteiger partial charge is 0.0151 e. The highest BCUT2D eigenvalue weighted by Crippen LogP contribution is 2.26. The van der Waals surface area contributed by atoms with Gasteiger partial charge in [0.05, 0.1) is 0 Å². The van der Waals surface area contributed by atoms with Crippen LogP contribution in [-0.4, -0.2) is 4.98 Å². The molecule has 0 atom stereocenters. The van der Waals surface area contributed by atoms with Crippen LogP contribution in [0.2, 0.25) is 0 Å². The summed E-state index contributed by atoms with van der Waals surface area (Å²) < 4.78 is 0. The molecule has 0 amide bonds. The number of nitrogens with one attached hydrogen (secondary N) is 1. The Labute approximate surface area is 80.6 Å². The van der Waals surface area contributed by atoms with E-state index in [0.717, 1.165) is 5.92 Å². The molecule has 1 fully saturated rings. The molecule has 0 aromatic carbocycles. The average molecular weight is 177 g/mol. The summed E-state index contributed by atoms with van der Waals surface area (Å²) in [5.41, 5.74) is 2.73. The third-order valence-corrected chi connectivity index (χ3v) is 3.13. The van der Waals surface area contributed by atoms with Gasteiger partial charge in [-0.25, -0.2) is 0 Å². The molecule has 0 unspecified atom stereocenters. The Morgan fingerprint density at radius 1 is 1.23 bits per heavy atom. The zero-order valence-electron chi connectivity index (χ0n) is 8.47. The third kappa shape index (κ3) is 2.36. The van der Waals surface area contributed by atoms with Gasteiger partial charge >= 0.3 is 0 Å². The molecule has 1 nitrogen and oxygen atoms in total. The number of aryl methyl sites for hydroxylation is 1. The van der Waals surface area contributed by atoms with E-state index in [0.29, 0.717) is 0 Å². The quantitative estimate of drug-likeness (QED) is 0.712. The van der Waals surface area contributed by atoms with Crippen molar-refractivity contribution in [3.05, 3.63) is 23.5 Å². The van der Waals surface area contributed by atoms with Gasteiger partial charge in [0.1, 0.15) is 0 Å². The largest absolute Gasteiger partial charge is 0.362 e. The molecular formula is C12H19N. The van der Waals surface area contributed by atoms with E-state index in [-0.39, 0.29) is 0 Å². The van der Waals surface area contributed by atoms with Gasteiger partial charge < -0.3 is 4.98 Å². The number of aromatic amines is 1. The summed E-state index contributed by atoms with van der Waals surface area (Å²) in [7, 11) is 0. The van der Waals surface area contributed by atoms with Crippen LogP contribution in [0.3, 0.4) is 0 Å². The normalized spacial score (nSPS) is 19.2. The zero-order valence-corrected chi connectivity index (χ0v) is 8.47. The molecule has 1 aliphatic carbocycles. The molecule has 13 heavy (non-hydrogen) atoms. The Morgan fingerprint density at radius 2 is 2.00 bits per heavy atom. The second-order valence-electron chi connectivity index (χ2n) is 4.37. The van der Waals surface area contributed by atoms with Crippen molar-refractivity contribution in [2.24, 2.45) is 5.92 Å². The number of rotatable bonds is 2. The fourth-order valence-corrected chi connectivity index (χ4v) is 2.38. The first-order valence-electron chi connectivity index (χ1n) is 5.49. The molecule has 1 heterocycles. The first-order chi connectivity index (χ1) is 6.34. The highest BCUT2D eigenvalue weighted by molar-refractivity contribution is 5.12. The van der Waals surface area contributed by atoms with E-state index in [1.807, 2.05) is 0 Å². The minimum atomic E-state index is 0.951. The number of hydrogen-bond acceptors (Lipinski definition) is 0. The molecule has 1 N–H and O–H groups in total. The van der Waals surface area contributed by atoms with Crippen LogP contribution in [-0.2, 0) is 6.42 Å². The van der Waals surface area contributed by atoms with Crippen molar-refractivity contribution in [2.45, 2.75) is 45.4 Å². The lowest BCUT2D eigenvalue weighted by Gasteiger charge is -2.20. The number of hydrogen-bond donors (Lipinski definition) is 1. The molecule has 0 spiro atoms. The fraction of sp³-hybridized carbons (Fsp3) is 0.667. The summed E-state index contributed by atoms with van der Waals surface area (Å²) in [4.78, 5) is 3.42. The van der Waals surface area contributed by atoms with Gasteiger partial charge in [0, 0.05) is 11.4 Å². The standard InChI is InChI=1S/C12H19N/c1-10-7-8-12(13-10)9-11-5-3-2-4-6-11/h7-8,11,13H,2-6,9H2,1H3. The molecule has 0 radical (unpaired) electrons. The second kappa shape index (κ2) is 3.99. The number of H-pyrrole nitrogens is 1. The lowest BCUT2D eigenvalue weighted by atomic mass is 9.86. The van der Waals surface area contributed by atoms with E-state index in [1.165, 1.54) is 49.9 Å². The van der Waals surface area contributed by atoms with Crippen molar-refractivity contribution >= 4 is 0 Å². The molecule has 1 saturated carbocycles. The maximum atomic E-state index is 3.42. The maximum absolute atomic E-state index is 3.42. The molecule has 1 heteroatoms. The van der Waals surface area contributed by atoms with E-state index in [1.54, 1.807) is 0 Å². The Morgan fingerprint density at radius 3 is 2.62 bits per heavy atom. The van der Waals surface area contributed by atoms with E-state index in [4.69, 9.17) is 0 Å². The van der Waals surface area contributed by atoms with Crippen molar-refractivity contribution in [3.63, 3.8) is 0 Å². The predicted octanol–water partition coefficient (Wildman–Crippen LogP) is 3.45. The Kier molecular flexibility index (Phi) is 2.72. The van der Waals surface area contributed by atoms with Crippen LogP contribution in [0.15, 0.2) is 12.1 Å². The van der Waals surface area contributed by atoms with Gasteiger partial charge in [0.25, 0.3) is 0 Å². The van der Waals surface area contributed by atoms with E-state index in [9.17, 15) is 0 Å². The molecular weight excluding hydrogens is 158 g/mol. The lowest BCUT2D eigenvalue weighted by molar-refractivity contribution is 0.354. The summed E-state index contributed by atoms with van der Waals surface area (Å²) in [5.74, 6) is 0.951. The van der Waals surface area contributed by atoms with Crippen LogP contribution < -0.4 is 0 Å².